The summed E-state index contributed by atoms with van der Waals surface area (Å²) in [4.78, 5) is 11.9. The quantitative estimate of drug-likeness (QED) is 0.780. The van der Waals surface area contributed by atoms with Crippen LogP contribution in [0.15, 0.2) is 17.5 Å². The molecule has 2 N–H and O–H groups in total. The Kier molecular flexibility index (Phi) is 3.38. The predicted octanol–water partition coefficient (Wildman–Crippen LogP) is 2.26. The molecule has 1 atom stereocenters. The van der Waals surface area contributed by atoms with Gasteiger partial charge in [0.15, 0.2) is 0 Å². The van der Waals surface area contributed by atoms with E-state index in [1.54, 1.807) is 11.3 Å². The SMILES string of the molecule is O=C(O)CC(NCC1CC1)c1cccs1. The third-order valence-electron chi connectivity index (χ3n) is 2.62. The van der Waals surface area contributed by atoms with Gasteiger partial charge in [0.2, 0.25) is 0 Å². The summed E-state index contributed by atoms with van der Waals surface area (Å²) >= 11 is 1.62. The summed E-state index contributed by atoms with van der Waals surface area (Å²) in [7, 11) is 0. The van der Waals surface area contributed by atoms with Crippen molar-refractivity contribution < 1.29 is 9.90 Å². The van der Waals surface area contributed by atoms with E-state index in [9.17, 15) is 4.79 Å². The molecular formula is C11H15NO2S. The van der Waals surface area contributed by atoms with Crippen LogP contribution in [0.5, 0.6) is 0 Å². The van der Waals surface area contributed by atoms with Crippen molar-refractivity contribution in [2.75, 3.05) is 6.54 Å². The third kappa shape index (κ3) is 3.32. The molecule has 1 heterocycles. The summed E-state index contributed by atoms with van der Waals surface area (Å²) in [6, 6.07) is 3.95. The summed E-state index contributed by atoms with van der Waals surface area (Å²) in [5.41, 5.74) is 0. The maximum Gasteiger partial charge on any atom is 0.305 e. The van der Waals surface area contributed by atoms with Crippen LogP contribution < -0.4 is 5.32 Å². The highest BCUT2D eigenvalue weighted by atomic mass is 32.1. The fraction of sp³-hybridized carbons (Fsp3) is 0.545. The Balaban J connectivity index is 1.91. The molecular weight excluding hydrogens is 210 g/mol. The first-order chi connectivity index (χ1) is 7.25. The van der Waals surface area contributed by atoms with E-state index in [1.807, 2.05) is 17.5 Å². The van der Waals surface area contributed by atoms with Crippen LogP contribution in [0.4, 0.5) is 0 Å². The summed E-state index contributed by atoms with van der Waals surface area (Å²) in [6.45, 7) is 0.954. The number of thiophene rings is 1. The number of carboxylic acid groups (broad SMARTS) is 1. The molecule has 82 valence electrons. The van der Waals surface area contributed by atoms with Crippen molar-refractivity contribution in [3.05, 3.63) is 22.4 Å². The fourth-order valence-electron chi connectivity index (χ4n) is 1.57. The molecule has 0 aromatic carbocycles. The van der Waals surface area contributed by atoms with Gasteiger partial charge in [0, 0.05) is 4.88 Å². The molecule has 4 heteroatoms. The molecule has 1 unspecified atom stereocenters. The van der Waals surface area contributed by atoms with E-state index in [4.69, 9.17) is 5.11 Å². The second-order valence-electron chi connectivity index (χ2n) is 4.02. The van der Waals surface area contributed by atoms with Gasteiger partial charge < -0.3 is 10.4 Å². The Labute approximate surface area is 93.1 Å². The van der Waals surface area contributed by atoms with Crippen LogP contribution in [0.3, 0.4) is 0 Å². The lowest BCUT2D eigenvalue weighted by Gasteiger charge is -2.14. The molecule has 0 radical (unpaired) electrons. The van der Waals surface area contributed by atoms with Crippen LogP contribution in [0.2, 0.25) is 0 Å². The molecule has 0 amide bonds. The molecule has 0 aliphatic heterocycles. The van der Waals surface area contributed by atoms with Crippen molar-refractivity contribution in [1.29, 1.82) is 0 Å². The van der Waals surface area contributed by atoms with E-state index >= 15 is 0 Å². The minimum absolute atomic E-state index is 0.0110. The lowest BCUT2D eigenvalue weighted by atomic mass is 10.1. The Hall–Kier alpha value is -0.870. The van der Waals surface area contributed by atoms with Crippen LogP contribution >= 0.6 is 11.3 Å². The van der Waals surface area contributed by atoms with Gasteiger partial charge in [-0.3, -0.25) is 4.79 Å². The van der Waals surface area contributed by atoms with Crippen LogP contribution in [-0.2, 0) is 4.79 Å². The van der Waals surface area contributed by atoms with Gasteiger partial charge in [-0.15, -0.1) is 11.3 Å². The number of hydrogen-bond acceptors (Lipinski definition) is 3. The zero-order valence-electron chi connectivity index (χ0n) is 8.48. The van der Waals surface area contributed by atoms with Crippen molar-refractivity contribution >= 4 is 17.3 Å². The number of carbonyl (C=O) groups is 1. The maximum absolute atomic E-state index is 10.7. The van der Waals surface area contributed by atoms with Crippen molar-refractivity contribution in [2.45, 2.75) is 25.3 Å². The first-order valence-corrected chi connectivity index (χ1v) is 6.12. The largest absolute Gasteiger partial charge is 0.481 e. The van der Waals surface area contributed by atoms with Crippen LogP contribution in [0.1, 0.15) is 30.2 Å². The molecule has 0 spiro atoms. The van der Waals surface area contributed by atoms with Crippen molar-refractivity contribution in [3.8, 4) is 0 Å². The first kappa shape index (κ1) is 10.6. The lowest BCUT2D eigenvalue weighted by molar-refractivity contribution is -0.137. The van der Waals surface area contributed by atoms with Gasteiger partial charge in [-0.05, 0) is 36.8 Å². The number of carboxylic acids is 1. The number of aliphatic carboxylic acids is 1. The third-order valence-corrected chi connectivity index (χ3v) is 3.60. The molecule has 3 nitrogen and oxygen atoms in total. The van der Waals surface area contributed by atoms with E-state index in [2.05, 4.69) is 5.32 Å². The molecule has 1 aromatic heterocycles. The zero-order valence-corrected chi connectivity index (χ0v) is 9.30. The molecule has 0 saturated heterocycles. The fourth-order valence-corrected chi connectivity index (χ4v) is 2.37. The topological polar surface area (TPSA) is 49.3 Å². The van der Waals surface area contributed by atoms with Gasteiger partial charge in [0.25, 0.3) is 0 Å². The molecule has 1 aromatic rings. The van der Waals surface area contributed by atoms with Gasteiger partial charge in [-0.1, -0.05) is 6.07 Å². The average molecular weight is 225 g/mol. The average Bonchev–Trinajstić information content (AvgIpc) is 2.85. The van der Waals surface area contributed by atoms with Gasteiger partial charge in [0.05, 0.1) is 12.5 Å². The molecule has 1 aliphatic rings. The highest BCUT2D eigenvalue weighted by Crippen LogP contribution is 2.29. The summed E-state index contributed by atoms with van der Waals surface area (Å²) in [5.74, 6) is 0.0398. The number of nitrogens with one attached hydrogen (secondary N) is 1. The second kappa shape index (κ2) is 4.77. The Bertz CT molecular complexity index is 319. The number of rotatable bonds is 6. The molecule has 1 aliphatic carbocycles. The zero-order chi connectivity index (χ0) is 10.7. The Morgan fingerprint density at radius 1 is 1.67 bits per heavy atom. The standard InChI is InChI=1S/C11H15NO2S/c13-11(14)6-9(10-2-1-5-15-10)12-7-8-3-4-8/h1-2,5,8-9,12H,3-4,6-7H2,(H,13,14). The van der Waals surface area contributed by atoms with Gasteiger partial charge in [-0.25, -0.2) is 0 Å². The first-order valence-electron chi connectivity index (χ1n) is 5.24. The summed E-state index contributed by atoms with van der Waals surface area (Å²) < 4.78 is 0. The van der Waals surface area contributed by atoms with Gasteiger partial charge in [-0.2, -0.15) is 0 Å². The van der Waals surface area contributed by atoms with Crippen molar-refractivity contribution in [1.82, 2.24) is 5.32 Å². The second-order valence-corrected chi connectivity index (χ2v) is 5.00. The molecule has 1 fully saturated rings. The summed E-state index contributed by atoms with van der Waals surface area (Å²) in [5, 5.41) is 14.2. The van der Waals surface area contributed by atoms with Crippen LogP contribution in [-0.4, -0.2) is 17.6 Å². The molecule has 2 rings (SSSR count). The molecule has 1 saturated carbocycles. The smallest absolute Gasteiger partial charge is 0.305 e. The maximum atomic E-state index is 10.7. The van der Waals surface area contributed by atoms with E-state index < -0.39 is 5.97 Å². The Morgan fingerprint density at radius 2 is 2.47 bits per heavy atom. The van der Waals surface area contributed by atoms with Crippen molar-refractivity contribution in [3.63, 3.8) is 0 Å². The van der Waals surface area contributed by atoms with E-state index in [1.165, 1.54) is 12.8 Å². The van der Waals surface area contributed by atoms with E-state index in [0.29, 0.717) is 0 Å². The minimum Gasteiger partial charge on any atom is -0.481 e. The van der Waals surface area contributed by atoms with Crippen LogP contribution in [0.25, 0.3) is 0 Å². The molecule has 0 bridgehead atoms. The van der Waals surface area contributed by atoms with E-state index in [0.717, 1.165) is 17.3 Å². The monoisotopic (exact) mass is 225 g/mol. The highest BCUT2D eigenvalue weighted by molar-refractivity contribution is 7.10. The van der Waals surface area contributed by atoms with Crippen LogP contribution in [0, 0.1) is 5.92 Å². The number of hydrogen-bond donors (Lipinski definition) is 2. The lowest BCUT2D eigenvalue weighted by Crippen LogP contribution is -2.25. The summed E-state index contributed by atoms with van der Waals surface area (Å²) in [6.07, 6.45) is 2.75. The van der Waals surface area contributed by atoms with E-state index in [-0.39, 0.29) is 12.5 Å². The minimum atomic E-state index is -0.739. The Morgan fingerprint density at radius 3 is 3.00 bits per heavy atom. The normalized spacial score (nSPS) is 17.6. The highest BCUT2D eigenvalue weighted by Gasteiger charge is 2.23. The van der Waals surface area contributed by atoms with Gasteiger partial charge >= 0.3 is 5.97 Å². The van der Waals surface area contributed by atoms with Gasteiger partial charge in [0.1, 0.15) is 0 Å². The van der Waals surface area contributed by atoms with Crippen molar-refractivity contribution in [2.24, 2.45) is 5.92 Å². The molecule has 15 heavy (non-hydrogen) atoms. The predicted molar refractivity (Wildman–Crippen MR) is 60.0 cm³/mol.